The molecule has 3 rings (SSSR count). The molecule has 1 amide bonds. The topological polar surface area (TPSA) is 116 Å². The lowest BCUT2D eigenvalue weighted by Gasteiger charge is -2.39. The molecule has 8 nitrogen and oxygen atoms in total. The fourth-order valence-electron chi connectivity index (χ4n) is 4.15. The van der Waals surface area contributed by atoms with Gasteiger partial charge >= 0.3 is 0 Å². The Balaban J connectivity index is 1.78. The molecule has 0 saturated carbocycles. The molecule has 1 heterocycles. The van der Waals surface area contributed by atoms with E-state index in [2.05, 4.69) is 4.90 Å². The molecule has 1 saturated heterocycles. The highest BCUT2D eigenvalue weighted by Gasteiger charge is 2.52. The summed E-state index contributed by atoms with van der Waals surface area (Å²) in [5, 5.41) is 18.1. The third-order valence-corrected chi connectivity index (χ3v) is 8.83. The number of piperidine rings is 1. The van der Waals surface area contributed by atoms with Crippen LogP contribution in [-0.4, -0.2) is 67.1 Å². The lowest BCUT2D eigenvalue weighted by molar-refractivity contribution is -0.133. The van der Waals surface area contributed by atoms with Crippen LogP contribution in [-0.2, 0) is 14.6 Å². The summed E-state index contributed by atoms with van der Waals surface area (Å²) in [6, 6.07) is 14.0. The Labute approximate surface area is 195 Å². The summed E-state index contributed by atoms with van der Waals surface area (Å²) >= 11 is 0. The average Bonchev–Trinajstić information content (AvgIpc) is 2.86. The molecule has 33 heavy (non-hydrogen) atoms. The zero-order chi connectivity index (χ0) is 23.9. The molecule has 0 aliphatic carbocycles. The minimum atomic E-state index is -4.02. The van der Waals surface area contributed by atoms with E-state index in [1.165, 1.54) is 12.1 Å². The van der Waals surface area contributed by atoms with Gasteiger partial charge in [0.2, 0.25) is 0 Å². The zero-order valence-electron chi connectivity index (χ0n) is 18.9. The van der Waals surface area contributed by atoms with Crippen molar-refractivity contribution in [1.29, 1.82) is 0 Å². The number of aliphatic hydroxyl groups is 1. The molecular weight excluding hydrogens is 444 g/mol. The van der Waals surface area contributed by atoms with Crippen molar-refractivity contribution < 1.29 is 28.3 Å². The van der Waals surface area contributed by atoms with Gasteiger partial charge in [-0.3, -0.25) is 10.0 Å². The van der Waals surface area contributed by atoms with Gasteiger partial charge in [0, 0.05) is 19.7 Å². The SMILES string of the molecule is CCN1CCC(C(=O)NO)(S(=O)(=O)c2ccc(-c3ccc(OCCCCO)cc3)cc2)CC1. The number of benzene rings is 2. The Morgan fingerprint density at radius 3 is 2.12 bits per heavy atom. The van der Waals surface area contributed by atoms with Crippen LogP contribution in [0.1, 0.15) is 32.6 Å². The van der Waals surface area contributed by atoms with Crippen LogP contribution in [0.5, 0.6) is 5.75 Å². The van der Waals surface area contributed by atoms with Crippen molar-refractivity contribution in [2.24, 2.45) is 0 Å². The summed E-state index contributed by atoms with van der Waals surface area (Å²) in [4.78, 5) is 14.7. The molecule has 1 aliphatic heterocycles. The van der Waals surface area contributed by atoms with Gasteiger partial charge < -0.3 is 14.7 Å². The number of rotatable bonds is 10. The molecule has 3 N–H and O–H groups in total. The molecule has 0 aromatic heterocycles. The highest BCUT2D eigenvalue weighted by atomic mass is 32.2. The van der Waals surface area contributed by atoms with Crippen molar-refractivity contribution in [3.8, 4) is 16.9 Å². The quantitative estimate of drug-likeness (QED) is 0.274. The number of nitrogens with zero attached hydrogens (tertiary/aromatic N) is 1. The van der Waals surface area contributed by atoms with E-state index in [0.29, 0.717) is 26.1 Å². The molecule has 1 fully saturated rings. The van der Waals surface area contributed by atoms with Crippen LogP contribution in [0.4, 0.5) is 0 Å². The predicted molar refractivity (Wildman–Crippen MR) is 125 cm³/mol. The Morgan fingerprint density at radius 2 is 1.61 bits per heavy atom. The van der Waals surface area contributed by atoms with E-state index < -0.39 is 20.5 Å². The standard InChI is InChI=1S/C24H32N2O6S/c1-2-26-15-13-24(14-16-26,23(28)25-29)33(30,31)22-11-7-20(8-12-22)19-5-9-21(10-6-19)32-18-4-3-17-27/h5-12,27,29H,2-4,13-18H2,1H3,(H,25,28). The van der Waals surface area contributed by atoms with Gasteiger partial charge in [-0.15, -0.1) is 0 Å². The summed E-state index contributed by atoms with van der Waals surface area (Å²) in [7, 11) is -4.02. The van der Waals surface area contributed by atoms with Crippen molar-refractivity contribution >= 4 is 15.7 Å². The van der Waals surface area contributed by atoms with E-state index >= 15 is 0 Å². The number of amides is 1. The van der Waals surface area contributed by atoms with Crippen molar-refractivity contribution in [1.82, 2.24) is 10.4 Å². The van der Waals surface area contributed by atoms with Crippen molar-refractivity contribution in [2.45, 2.75) is 42.2 Å². The normalized spacial score (nSPS) is 16.3. The summed E-state index contributed by atoms with van der Waals surface area (Å²) in [5.41, 5.74) is 3.33. The third-order valence-electron chi connectivity index (χ3n) is 6.31. The molecule has 0 unspecified atom stereocenters. The second kappa shape index (κ2) is 11.1. The van der Waals surface area contributed by atoms with E-state index in [-0.39, 0.29) is 24.3 Å². The van der Waals surface area contributed by atoms with E-state index in [4.69, 9.17) is 9.84 Å². The van der Waals surface area contributed by atoms with Crippen LogP contribution in [0.15, 0.2) is 53.4 Å². The van der Waals surface area contributed by atoms with Gasteiger partial charge in [-0.05, 0) is 67.6 Å². The molecule has 2 aromatic carbocycles. The molecule has 2 aromatic rings. The maximum absolute atomic E-state index is 13.5. The van der Waals surface area contributed by atoms with Gasteiger partial charge in [0.05, 0.1) is 11.5 Å². The summed E-state index contributed by atoms with van der Waals surface area (Å²) < 4.78 is 31.0. The monoisotopic (exact) mass is 476 g/mol. The summed E-state index contributed by atoms with van der Waals surface area (Å²) in [6.45, 7) is 4.38. The number of nitrogens with one attached hydrogen (secondary N) is 1. The van der Waals surface area contributed by atoms with Crippen molar-refractivity contribution in [2.75, 3.05) is 32.8 Å². The Kier molecular flexibility index (Phi) is 8.47. The van der Waals surface area contributed by atoms with Crippen LogP contribution in [0, 0.1) is 0 Å². The number of carbonyl (C=O) groups is 1. The lowest BCUT2D eigenvalue weighted by Crippen LogP contribution is -2.57. The number of hydroxylamine groups is 1. The van der Waals surface area contributed by atoms with Crippen LogP contribution in [0.25, 0.3) is 11.1 Å². The molecule has 1 aliphatic rings. The minimum absolute atomic E-state index is 0.0589. The van der Waals surface area contributed by atoms with Crippen molar-refractivity contribution in [3.63, 3.8) is 0 Å². The largest absolute Gasteiger partial charge is 0.494 e. The zero-order valence-corrected chi connectivity index (χ0v) is 19.7. The predicted octanol–water partition coefficient (Wildman–Crippen LogP) is 2.64. The maximum atomic E-state index is 13.5. The van der Waals surface area contributed by atoms with Crippen molar-refractivity contribution in [3.05, 3.63) is 48.5 Å². The minimum Gasteiger partial charge on any atom is -0.494 e. The average molecular weight is 477 g/mol. The number of likely N-dealkylation sites (tertiary alicyclic amines) is 1. The number of sulfone groups is 1. The van der Waals surface area contributed by atoms with Gasteiger partial charge in [0.25, 0.3) is 5.91 Å². The second-order valence-electron chi connectivity index (χ2n) is 8.20. The van der Waals surface area contributed by atoms with E-state index in [0.717, 1.165) is 29.8 Å². The first kappa shape index (κ1) is 25.2. The molecule has 0 radical (unpaired) electrons. The van der Waals surface area contributed by atoms with E-state index in [9.17, 15) is 18.4 Å². The van der Waals surface area contributed by atoms with Crippen LogP contribution < -0.4 is 10.2 Å². The molecule has 0 bridgehead atoms. The fourth-order valence-corrected chi connectivity index (χ4v) is 6.11. The molecular formula is C24H32N2O6S. The first-order valence-corrected chi connectivity index (χ1v) is 12.7. The number of ether oxygens (including phenoxy) is 1. The second-order valence-corrected chi connectivity index (χ2v) is 10.5. The fraction of sp³-hybridized carbons (Fsp3) is 0.458. The van der Waals surface area contributed by atoms with Gasteiger partial charge in [0.1, 0.15) is 5.75 Å². The van der Waals surface area contributed by atoms with E-state index in [1.807, 2.05) is 31.2 Å². The number of hydrogen-bond donors (Lipinski definition) is 3. The van der Waals surface area contributed by atoms with Gasteiger partial charge in [0.15, 0.2) is 14.6 Å². The molecule has 0 spiro atoms. The number of hydrogen-bond acceptors (Lipinski definition) is 7. The Bertz CT molecular complexity index is 1010. The van der Waals surface area contributed by atoms with Crippen LogP contribution in [0.2, 0.25) is 0 Å². The van der Waals surface area contributed by atoms with Crippen LogP contribution in [0.3, 0.4) is 0 Å². The highest BCUT2D eigenvalue weighted by molar-refractivity contribution is 7.93. The number of unbranched alkanes of at least 4 members (excludes halogenated alkanes) is 1. The Morgan fingerprint density at radius 1 is 1.03 bits per heavy atom. The highest BCUT2D eigenvalue weighted by Crippen LogP contribution is 2.36. The third kappa shape index (κ3) is 5.38. The first-order valence-electron chi connectivity index (χ1n) is 11.2. The maximum Gasteiger partial charge on any atom is 0.265 e. The smallest absolute Gasteiger partial charge is 0.265 e. The van der Waals surface area contributed by atoms with Gasteiger partial charge in [-0.25, -0.2) is 13.9 Å². The number of carbonyl (C=O) groups excluding carboxylic acids is 1. The van der Waals surface area contributed by atoms with Gasteiger partial charge in [-0.2, -0.15) is 0 Å². The van der Waals surface area contributed by atoms with Gasteiger partial charge in [-0.1, -0.05) is 31.2 Å². The summed E-state index contributed by atoms with van der Waals surface area (Å²) in [5.74, 6) is -0.150. The molecule has 9 heteroatoms. The van der Waals surface area contributed by atoms with E-state index in [1.54, 1.807) is 17.6 Å². The summed E-state index contributed by atoms with van der Waals surface area (Å²) in [6.07, 6.45) is 1.72. The number of aliphatic hydroxyl groups excluding tert-OH is 1. The Hall–Kier alpha value is -2.46. The first-order chi connectivity index (χ1) is 15.9. The molecule has 0 atom stereocenters. The molecule has 180 valence electrons. The van der Waals surface area contributed by atoms with Crippen LogP contribution >= 0.6 is 0 Å². The lowest BCUT2D eigenvalue weighted by atomic mass is 9.95.